The van der Waals surface area contributed by atoms with Gasteiger partial charge in [0.15, 0.2) is 16.3 Å². The van der Waals surface area contributed by atoms with Crippen LogP contribution in [0.1, 0.15) is 30.1 Å². The number of sulfonamides is 1. The highest BCUT2D eigenvalue weighted by atomic mass is 32.2. The summed E-state index contributed by atoms with van der Waals surface area (Å²) >= 11 is 1.37. The number of thiazole rings is 1. The largest absolute Gasteiger partial charge is 0.493 e. The molecule has 1 saturated heterocycles. The zero-order chi connectivity index (χ0) is 25.2. The van der Waals surface area contributed by atoms with Crippen molar-refractivity contribution in [3.8, 4) is 11.5 Å². The molecule has 1 aliphatic heterocycles. The number of aryl methyl sites for hydroxylation is 1. The first-order valence-electron chi connectivity index (χ1n) is 11.3. The summed E-state index contributed by atoms with van der Waals surface area (Å²) in [5.41, 5.74) is 1.19. The maximum Gasteiger partial charge on any atom is 0.279 e. The number of likely N-dealkylation sites (N-methyl/N-ethyl adjacent to an activating group) is 1. The molecule has 0 radical (unpaired) electrons. The van der Waals surface area contributed by atoms with Crippen molar-refractivity contribution in [2.24, 2.45) is 4.99 Å². The standard InChI is InChI=1S/C24H29N3O6S2/c1-5-27-19-13-20(31-3)21(32-4)14-22(19)34-24(27)25-23(28)16-8-10-18(11-9-16)35(29,30)26(2)15-17-7-6-12-33-17/h8-11,13-14,17H,5-7,12,15H2,1-4H3. The quantitative estimate of drug-likeness (QED) is 0.453. The van der Waals surface area contributed by atoms with Crippen LogP contribution in [0.2, 0.25) is 0 Å². The summed E-state index contributed by atoms with van der Waals surface area (Å²) in [7, 11) is 1.01. The molecule has 2 aromatic carbocycles. The van der Waals surface area contributed by atoms with E-state index in [0.29, 0.717) is 41.6 Å². The van der Waals surface area contributed by atoms with Crippen molar-refractivity contribution in [3.05, 3.63) is 46.8 Å². The van der Waals surface area contributed by atoms with Crippen LogP contribution < -0.4 is 14.3 Å². The predicted octanol–water partition coefficient (Wildman–Crippen LogP) is 3.28. The Hall–Kier alpha value is -2.73. The van der Waals surface area contributed by atoms with E-state index in [1.807, 2.05) is 23.6 Å². The van der Waals surface area contributed by atoms with Gasteiger partial charge in [-0.3, -0.25) is 4.79 Å². The molecule has 1 fully saturated rings. The highest BCUT2D eigenvalue weighted by Crippen LogP contribution is 2.33. The number of nitrogens with zero attached hydrogens (tertiary/aromatic N) is 3. The molecule has 188 valence electrons. The van der Waals surface area contributed by atoms with Gasteiger partial charge in [-0.15, -0.1) is 0 Å². The van der Waals surface area contributed by atoms with Gasteiger partial charge in [-0.05, 0) is 44.0 Å². The Kier molecular flexibility index (Phi) is 7.60. The summed E-state index contributed by atoms with van der Waals surface area (Å²) in [5.74, 6) is 0.747. The van der Waals surface area contributed by atoms with Crippen LogP contribution >= 0.6 is 11.3 Å². The lowest BCUT2D eigenvalue weighted by Gasteiger charge is -2.20. The van der Waals surface area contributed by atoms with Crippen molar-refractivity contribution >= 4 is 37.5 Å². The van der Waals surface area contributed by atoms with Crippen LogP contribution in [0.3, 0.4) is 0 Å². The molecule has 1 amide bonds. The smallest absolute Gasteiger partial charge is 0.279 e. The first-order valence-corrected chi connectivity index (χ1v) is 13.6. The van der Waals surface area contributed by atoms with Crippen LogP contribution in [-0.4, -0.2) is 63.7 Å². The van der Waals surface area contributed by atoms with Gasteiger partial charge in [0.25, 0.3) is 5.91 Å². The summed E-state index contributed by atoms with van der Waals surface area (Å²) < 4.78 is 46.3. The molecule has 11 heteroatoms. The summed E-state index contributed by atoms with van der Waals surface area (Å²) in [6.07, 6.45) is 1.71. The Morgan fingerprint density at radius 2 is 1.89 bits per heavy atom. The van der Waals surface area contributed by atoms with Gasteiger partial charge < -0.3 is 18.8 Å². The summed E-state index contributed by atoms with van der Waals surface area (Å²) in [4.78, 5) is 17.9. The first-order chi connectivity index (χ1) is 16.8. The zero-order valence-electron chi connectivity index (χ0n) is 20.2. The number of methoxy groups -OCH3 is 2. The molecule has 3 aromatic rings. The molecule has 9 nitrogen and oxygen atoms in total. The molecule has 4 rings (SSSR count). The number of carbonyl (C=O) groups is 1. The van der Waals surface area contributed by atoms with Gasteiger partial charge in [-0.2, -0.15) is 9.30 Å². The van der Waals surface area contributed by atoms with Crippen LogP contribution in [0, 0.1) is 0 Å². The number of ether oxygens (including phenoxy) is 3. The van der Waals surface area contributed by atoms with E-state index >= 15 is 0 Å². The second-order valence-electron chi connectivity index (χ2n) is 8.17. The zero-order valence-corrected chi connectivity index (χ0v) is 21.8. The normalized spacial score (nSPS) is 16.8. The highest BCUT2D eigenvalue weighted by Gasteiger charge is 2.26. The second-order valence-corrected chi connectivity index (χ2v) is 11.2. The lowest BCUT2D eigenvalue weighted by Crippen LogP contribution is -2.34. The minimum atomic E-state index is -3.68. The van der Waals surface area contributed by atoms with E-state index in [-0.39, 0.29) is 11.0 Å². The molecule has 0 bridgehead atoms. The van der Waals surface area contributed by atoms with Crippen molar-refractivity contribution in [2.75, 3.05) is 34.4 Å². The van der Waals surface area contributed by atoms with E-state index in [0.717, 1.165) is 23.1 Å². The Bertz CT molecular complexity index is 1390. The topological polar surface area (TPSA) is 99.4 Å². The molecular formula is C24H29N3O6S2. The Morgan fingerprint density at radius 1 is 1.20 bits per heavy atom. The maximum absolute atomic E-state index is 12.9. The fourth-order valence-electron chi connectivity index (χ4n) is 4.06. The molecule has 1 unspecified atom stereocenters. The van der Waals surface area contributed by atoms with Gasteiger partial charge in [0.05, 0.1) is 35.4 Å². The van der Waals surface area contributed by atoms with Crippen molar-refractivity contribution in [1.82, 2.24) is 8.87 Å². The van der Waals surface area contributed by atoms with E-state index in [1.54, 1.807) is 21.3 Å². The van der Waals surface area contributed by atoms with Crippen molar-refractivity contribution in [1.29, 1.82) is 0 Å². The maximum atomic E-state index is 12.9. The van der Waals surface area contributed by atoms with Gasteiger partial charge in [-0.1, -0.05) is 11.3 Å². The van der Waals surface area contributed by atoms with Crippen LogP contribution in [0.25, 0.3) is 10.2 Å². The molecule has 35 heavy (non-hydrogen) atoms. The summed E-state index contributed by atoms with van der Waals surface area (Å²) in [5, 5.41) is 0. The van der Waals surface area contributed by atoms with Gasteiger partial charge in [-0.25, -0.2) is 8.42 Å². The molecular weight excluding hydrogens is 490 g/mol. The number of rotatable bonds is 8. The number of hydrogen-bond donors (Lipinski definition) is 0. The Morgan fingerprint density at radius 3 is 2.49 bits per heavy atom. The van der Waals surface area contributed by atoms with Gasteiger partial charge in [0.2, 0.25) is 10.0 Å². The average Bonchev–Trinajstić information content (AvgIpc) is 3.49. The van der Waals surface area contributed by atoms with E-state index < -0.39 is 15.9 Å². The Labute approximate surface area is 208 Å². The molecule has 2 heterocycles. The molecule has 0 aliphatic carbocycles. The number of hydrogen-bond acceptors (Lipinski definition) is 7. The molecule has 1 aliphatic rings. The third-order valence-electron chi connectivity index (χ3n) is 6.00. The number of benzene rings is 2. The molecule has 0 spiro atoms. The van der Waals surface area contributed by atoms with Crippen LogP contribution in [0.15, 0.2) is 46.3 Å². The number of amides is 1. The van der Waals surface area contributed by atoms with Crippen LogP contribution in [-0.2, 0) is 21.3 Å². The molecule has 1 aromatic heterocycles. The van der Waals surface area contributed by atoms with E-state index in [9.17, 15) is 13.2 Å². The van der Waals surface area contributed by atoms with E-state index in [1.165, 1.54) is 39.9 Å². The monoisotopic (exact) mass is 519 g/mol. The third kappa shape index (κ3) is 5.13. The van der Waals surface area contributed by atoms with Crippen molar-refractivity contribution < 1.29 is 27.4 Å². The Balaban J connectivity index is 1.61. The number of aromatic nitrogens is 1. The SMILES string of the molecule is CCn1c(=NC(=O)c2ccc(S(=O)(=O)N(C)CC3CCCO3)cc2)sc2cc(OC)c(OC)cc21. The van der Waals surface area contributed by atoms with Gasteiger partial charge in [0.1, 0.15) is 0 Å². The molecule has 0 saturated carbocycles. The molecule has 1 atom stereocenters. The number of carbonyl (C=O) groups excluding carboxylic acids is 1. The minimum Gasteiger partial charge on any atom is -0.493 e. The first kappa shape index (κ1) is 25.4. The lowest BCUT2D eigenvalue weighted by molar-refractivity contribution is 0.0979. The lowest BCUT2D eigenvalue weighted by atomic mass is 10.2. The van der Waals surface area contributed by atoms with Gasteiger partial charge >= 0.3 is 0 Å². The average molecular weight is 520 g/mol. The summed E-state index contributed by atoms with van der Waals surface area (Å²) in [6.45, 7) is 3.55. The highest BCUT2D eigenvalue weighted by molar-refractivity contribution is 7.89. The predicted molar refractivity (Wildman–Crippen MR) is 134 cm³/mol. The third-order valence-corrected chi connectivity index (χ3v) is 8.87. The minimum absolute atomic E-state index is 0.0825. The van der Waals surface area contributed by atoms with Crippen LogP contribution in [0.5, 0.6) is 11.5 Å². The van der Waals surface area contributed by atoms with Crippen LogP contribution in [0.4, 0.5) is 0 Å². The van der Waals surface area contributed by atoms with E-state index in [2.05, 4.69) is 4.99 Å². The summed E-state index contributed by atoms with van der Waals surface area (Å²) in [6, 6.07) is 9.60. The number of fused-ring (bicyclic) bond motifs is 1. The van der Waals surface area contributed by atoms with Gasteiger partial charge in [0, 0.05) is 44.4 Å². The van der Waals surface area contributed by atoms with Crippen molar-refractivity contribution in [2.45, 2.75) is 37.3 Å². The fourth-order valence-corrected chi connectivity index (χ4v) is 6.37. The molecule has 0 N–H and O–H groups in total. The second kappa shape index (κ2) is 10.5. The fraction of sp³-hybridized carbons (Fsp3) is 0.417. The van der Waals surface area contributed by atoms with Crippen molar-refractivity contribution in [3.63, 3.8) is 0 Å². The van der Waals surface area contributed by atoms with E-state index in [4.69, 9.17) is 14.2 Å².